The van der Waals surface area contributed by atoms with E-state index in [0.717, 1.165) is 120 Å². The Morgan fingerprint density at radius 2 is 1.74 bits per heavy atom. The first-order valence-corrected chi connectivity index (χ1v) is 25.7. The topological polar surface area (TPSA) is 200 Å². The smallest absolute Gasteiger partial charge is 0.543 e. The number of alkyl carbamates (subject to hydrolysis) is 1. The van der Waals surface area contributed by atoms with Crippen LogP contribution in [-0.4, -0.2) is 127 Å². The molecule has 18 heteroatoms. The summed E-state index contributed by atoms with van der Waals surface area (Å²) in [5.74, 6) is -1.35. The molecule has 0 unspecified atom stereocenters. The normalized spacial score (nSPS) is 30.3. The first-order chi connectivity index (χ1) is 31.4. The van der Waals surface area contributed by atoms with Gasteiger partial charge in [-0.15, -0.1) is 6.58 Å². The summed E-state index contributed by atoms with van der Waals surface area (Å²) >= 11 is 0. The molecule has 4 heterocycles. The van der Waals surface area contributed by atoms with E-state index in [1.54, 1.807) is 6.92 Å². The van der Waals surface area contributed by atoms with Gasteiger partial charge in [-0.3, -0.25) is 9.59 Å². The number of hydrogen-bond donors (Lipinski definition) is 3. The molecule has 7 aliphatic rings. The molecule has 354 valence electrons. The van der Waals surface area contributed by atoms with E-state index in [9.17, 15) is 22.8 Å². The van der Waals surface area contributed by atoms with Crippen LogP contribution in [0.2, 0.25) is 0 Å². The Morgan fingerprint density at radius 3 is 2.47 bits per heavy atom. The zero-order valence-electron chi connectivity index (χ0n) is 38.8. The zero-order chi connectivity index (χ0) is 45.3. The number of hydrogen-bond acceptors (Lipinski definition) is 12. The van der Waals surface area contributed by atoms with Crippen LogP contribution in [0.1, 0.15) is 109 Å². The number of carbonyl (C=O) groups excluding carboxylic acids is 4. The van der Waals surface area contributed by atoms with Gasteiger partial charge in [-0.1, -0.05) is 50.3 Å². The second kappa shape index (κ2) is 21.0. The molecule has 1 aromatic carbocycles. The first-order valence-electron chi connectivity index (χ1n) is 24.3. The third-order valence-corrected chi connectivity index (χ3v) is 17.2. The van der Waals surface area contributed by atoms with Gasteiger partial charge in [0.05, 0.1) is 40.4 Å². The van der Waals surface area contributed by atoms with Crippen LogP contribution in [0.25, 0.3) is 15.6 Å². The summed E-state index contributed by atoms with van der Waals surface area (Å²) in [6.07, 6.45) is 11.2. The molecule has 16 nitrogen and oxygen atoms in total. The molecular weight excluding hydrogens is 890 g/mol. The Bertz CT molecular complexity index is 2250. The van der Waals surface area contributed by atoms with Crippen LogP contribution in [0, 0.1) is 17.8 Å². The van der Waals surface area contributed by atoms with E-state index in [2.05, 4.69) is 32.2 Å². The van der Waals surface area contributed by atoms with E-state index in [1.807, 2.05) is 24.3 Å². The van der Waals surface area contributed by atoms with Gasteiger partial charge in [0, 0.05) is 50.4 Å². The minimum Gasteiger partial charge on any atom is -0.543 e. The van der Waals surface area contributed by atoms with Crippen molar-refractivity contribution in [1.29, 1.82) is 0 Å². The SMILES string of the molecule is C=C[C@@H]1C[C@]1(NC(=O)[C@@H]1C[C@@H]2CN1C(=O)[C@H](C1CCCCC1)NC(=O)O[C@@H]1C[C@H]1CCCCCc1c(nc3ccccc3c1OCCCN1CCNCC1)O2)C(=O)[N-]S(=O)(=O)C1(C)CC1.[K+]. The third kappa shape index (κ3) is 11.0. The number of ether oxygens (including phenoxy) is 3. The van der Waals surface area contributed by atoms with Crippen molar-refractivity contribution in [2.24, 2.45) is 17.8 Å². The van der Waals surface area contributed by atoms with Gasteiger partial charge < -0.3 is 49.5 Å². The average Bonchev–Trinajstić information content (AvgIpc) is 4.27. The van der Waals surface area contributed by atoms with E-state index in [-0.39, 0.29) is 88.7 Å². The standard InChI is InChI=1S/C48H67N7O9S.K/c1-3-33-29-48(33,45(58)53-65(60,61)47(2)19-20-47)52-42(56)38-28-34-30-55(38)44(57)40(31-13-6-4-7-14-31)51-46(59)64-39-27-32(39)15-8-5-9-17-36-41(62-26-12-23-54-24-21-49-22-25-54)35-16-10-11-18-37(35)50-43(36)63-34;/h3,10-11,16,18,31-34,38-40,49H,1,4-9,12-15,17,19-30H2,2H3,(H3,51,52,53,56,58,59);/q;+1/p-1/t32-,33-,34-,38+,39-,40+,48-;/m1./s1. The number of benzene rings is 1. The summed E-state index contributed by atoms with van der Waals surface area (Å²) in [7, 11) is -4.13. The maximum absolute atomic E-state index is 15.1. The van der Waals surface area contributed by atoms with Crippen LogP contribution in [0.4, 0.5) is 4.79 Å². The van der Waals surface area contributed by atoms with Crippen molar-refractivity contribution >= 4 is 44.7 Å². The van der Waals surface area contributed by atoms with Crippen molar-refractivity contribution in [3.63, 3.8) is 0 Å². The van der Waals surface area contributed by atoms with Crippen molar-refractivity contribution in [3.05, 3.63) is 47.2 Å². The fourth-order valence-corrected chi connectivity index (χ4v) is 11.8. The molecule has 66 heavy (non-hydrogen) atoms. The minimum absolute atomic E-state index is 0. The van der Waals surface area contributed by atoms with E-state index in [4.69, 9.17) is 19.2 Å². The molecular formula is C48H66KN7O9S. The molecule has 2 saturated heterocycles. The summed E-state index contributed by atoms with van der Waals surface area (Å²) in [6, 6.07) is 5.77. The van der Waals surface area contributed by atoms with Crippen LogP contribution in [0.5, 0.6) is 11.6 Å². The molecule has 2 aromatic rings. The largest absolute Gasteiger partial charge is 1.00 e. The van der Waals surface area contributed by atoms with Crippen LogP contribution >= 0.6 is 0 Å². The summed E-state index contributed by atoms with van der Waals surface area (Å²) in [4.78, 5) is 66.3. The van der Waals surface area contributed by atoms with Crippen molar-refractivity contribution in [1.82, 2.24) is 30.7 Å². The molecule has 4 saturated carbocycles. The number of rotatable bonds is 12. The summed E-state index contributed by atoms with van der Waals surface area (Å²) in [5.41, 5.74) is -0.0670. The van der Waals surface area contributed by atoms with Gasteiger partial charge in [-0.2, -0.15) is 0 Å². The number of amides is 4. The van der Waals surface area contributed by atoms with E-state index in [0.29, 0.717) is 37.3 Å². The monoisotopic (exact) mass is 955 g/mol. The molecule has 2 bridgehead atoms. The third-order valence-electron chi connectivity index (χ3n) is 15.2. The molecule has 9 rings (SSSR count). The molecule has 6 fully saturated rings. The number of para-hydroxylation sites is 1. The predicted molar refractivity (Wildman–Crippen MR) is 244 cm³/mol. The Balaban J connectivity index is 0.00000592. The molecule has 0 radical (unpaired) electrons. The van der Waals surface area contributed by atoms with Gasteiger partial charge in [-0.25, -0.2) is 18.2 Å². The second-order valence-corrected chi connectivity index (χ2v) is 22.0. The molecule has 3 aliphatic heterocycles. The fraction of sp³-hybridized carbons (Fsp3) is 0.688. The van der Waals surface area contributed by atoms with Crippen molar-refractivity contribution in [2.75, 3.05) is 45.9 Å². The maximum Gasteiger partial charge on any atom is 1.00 e. The molecule has 7 atom stereocenters. The number of aromatic nitrogens is 1. The summed E-state index contributed by atoms with van der Waals surface area (Å²) in [5, 5.41) is 10.1. The Labute approximate surface area is 431 Å². The van der Waals surface area contributed by atoms with Crippen LogP contribution < -0.4 is 76.8 Å². The van der Waals surface area contributed by atoms with Gasteiger partial charge in [0.2, 0.25) is 17.7 Å². The van der Waals surface area contributed by atoms with Gasteiger partial charge in [0.1, 0.15) is 40.1 Å². The number of pyridine rings is 1. The molecule has 1 aromatic heterocycles. The van der Waals surface area contributed by atoms with Crippen molar-refractivity contribution < 1.29 is 93.2 Å². The van der Waals surface area contributed by atoms with E-state index >= 15 is 4.79 Å². The number of carbonyl (C=O) groups is 4. The molecule has 0 spiro atoms. The van der Waals surface area contributed by atoms with Gasteiger partial charge in [0.25, 0.3) is 0 Å². The van der Waals surface area contributed by atoms with Crippen molar-refractivity contribution in [3.8, 4) is 11.6 Å². The number of sulfonamides is 1. The van der Waals surface area contributed by atoms with E-state index in [1.165, 1.54) is 11.0 Å². The molecule has 4 amide bonds. The Morgan fingerprint density at radius 1 is 1.02 bits per heavy atom. The van der Waals surface area contributed by atoms with Crippen LogP contribution in [-0.2, 0) is 35.6 Å². The summed E-state index contributed by atoms with van der Waals surface area (Å²) in [6.45, 7) is 10.8. The Kier molecular flexibility index (Phi) is 15.8. The van der Waals surface area contributed by atoms with Crippen LogP contribution in [0.3, 0.4) is 0 Å². The zero-order valence-corrected chi connectivity index (χ0v) is 42.7. The Hall–Kier alpha value is -2.84. The quantitative estimate of drug-likeness (QED) is 0.160. The van der Waals surface area contributed by atoms with Gasteiger partial charge >= 0.3 is 57.5 Å². The number of piperazine rings is 1. The predicted octanol–water partition coefficient (Wildman–Crippen LogP) is 2.28. The molecule has 3 N–H and O–H groups in total. The average molecular weight is 956 g/mol. The second-order valence-electron chi connectivity index (χ2n) is 19.9. The fourth-order valence-electron chi connectivity index (χ4n) is 10.5. The minimum atomic E-state index is -4.13. The van der Waals surface area contributed by atoms with Gasteiger partial charge in [-0.05, 0) is 95.1 Å². The first kappa shape index (κ1) is 49.6. The van der Waals surface area contributed by atoms with Gasteiger partial charge in [0.15, 0.2) is 0 Å². The van der Waals surface area contributed by atoms with Crippen LogP contribution in [0.15, 0.2) is 36.9 Å². The number of fused-ring (bicyclic) bond motifs is 5. The maximum atomic E-state index is 15.1. The van der Waals surface area contributed by atoms with E-state index < -0.39 is 68.2 Å². The van der Waals surface area contributed by atoms with Crippen molar-refractivity contribution in [2.45, 2.75) is 144 Å². The number of nitrogens with one attached hydrogen (secondary N) is 3. The number of nitrogens with zero attached hydrogens (tertiary/aromatic N) is 4. The summed E-state index contributed by atoms with van der Waals surface area (Å²) < 4.78 is 48.6. The molecule has 4 aliphatic carbocycles.